The number of rotatable bonds is 6. The summed E-state index contributed by atoms with van der Waals surface area (Å²) in [5.74, 6) is -0.125. The monoisotopic (exact) mass is 400 g/mol. The Hall–Kier alpha value is -3.32. The molecule has 1 amide bonds. The van der Waals surface area contributed by atoms with E-state index in [1.54, 1.807) is 55.5 Å². The fourth-order valence-corrected chi connectivity index (χ4v) is 2.76. The Morgan fingerprint density at radius 1 is 1.18 bits per heavy atom. The number of amides is 1. The maximum absolute atomic E-state index is 12.9. The molecule has 0 aliphatic rings. The molecule has 0 spiro atoms. The zero-order valence-electron chi connectivity index (χ0n) is 15.2. The molecule has 0 bridgehead atoms. The normalized spacial score (nSPS) is 10.4. The Morgan fingerprint density at radius 3 is 2.71 bits per heavy atom. The van der Waals surface area contributed by atoms with E-state index in [0.29, 0.717) is 33.5 Å². The third-order valence-electron chi connectivity index (χ3n) is 3.90. The highest BCUT2D eigenvalue weighted by molar-refractivity contribution is 6.33. The summed E-state index contributed by atoms with van der Waals surface area (Å²) >= 11 is 6.23. The van der Waals surface area contributed by atoms with Gasteiger partial charge in [0.15, 0.2) is 6.61 Å². The van der Waals surface area contributed by atoms with Crippen molar-refractivity contribution in [3.8, 4) is 17.0 Å². The van der Waals surface area contributed by atoms with Crippen LogP contribution in [0.25, 0.3) is 11.3 Å². The average molecular weight is 401 g/mol. The van der Waals surface area contributed by atoms with E-state index in [2.05, 4.69) is 15.2 Å². The number of benzene rings is 2. The van der Waals surface area contributed by atoms with E-state index in [9.17, 15) is 9.59 Å². The third kappa shape index (κ3) is 4.32. The number of esters is 1. The third-order valence-corrected chi connectivity index (χ3v) is 4.22. The van der Waals surface area contributed by atoms with Crippen molar-refractivity contribution >= 4 is 29.2 Å². The molecule has 1 N–H and O–H groups in total. The zero-order valence-corrected chi connectivity index (χ0v) is 15.9. The van der Waals surface area contributed by atoms with Gasteiger partial charge in [-0.15, -0.1) is 0 Å². The summed E-state index contributed by atoms with van der Waals surface area (Å²) in [6, 6.07) is 13.7. The molecule has 3 aromatic rings. The van der Waals surface area contributed by atoms with Crippen LogP contribution in [-0.2, 0) is 9.53 Å². The molecule has 8 heteroatoms. The minimum absolute atomic E-state index is 0.227. The van der Waals surface area contributed by atoms with Gasteiger partial charge >= 0.3 is 5.97 Å². The SMILES string of the molecule is COC(=O)COc1cccc(NC(=O)c2c(-c3ccccc3Cl)noc2C)c1. The van der Waals surface area contributed by atoms with Gasteiger partial charge in [0.25, 0.3) is 5.91 Å². The van der Waals surface area contributed by atoms with Crippen molar-refractivity contribution < 1.29 is 23.6 Å². The van der Waals surface area contributed by atoms with Crippen molar-refractivity contribution in [1.82, 2.24) is 5.16 Å². The molecule has 7 nitrogen and oxygen atoms in total. The lowest BCUT2D eigenvalue weighted by atomic mass is 10.1. The lowest BCUT2D eigenvalue weighted by molar-refractivity contribution is -0.142. The van der Waals surface area contributed by atoms with Gasteiger partial charge in [-0.3, -0.25) is 4.79 Å². The predicted molar refractivity (Wildman–Crippen MR) is 104 cm³/mol. The summed E-state index contributed by atoms with van der Waals surface area (Å²) in [6.45, 7) is 1.42. The van der Waals surface area contributed by atoms with Gasteiger partial charge in [-0.2, -0.15) is 0 Å². The van der Waals surface area contributed by atoms with Crippen molar-refractivity contribution in [3.05, 3.63) is 64.9 Å². The highest BCUT2D eigenvalue weighted by Crippen LogP contribution is 2.31. The van der Waals surface area contributed by atoms with Crippen molar-refractivity contribution in [3.63, 3.8) is 0 Å². The predicted octanol–water partition coefficient (Wildman–Crippen LogP) is 4.11. The molecule has 3 rings (SSSR count). The van der Waals surface area contributed by atoms with E-state index in [-0.39, 0.29) is 12.2 Å². The van der Waals surface area contributed by atoms with E-state index < -0.39 is 11.9 Å². The summed E-state index contributed by atoms with van der Waals surface area (Å²) in [6.07, 6.45) is 0. The van der Waals surface area contributed by atoms with Crippen LogP contribution in [0.5, 0.6) is 5.75 Å². The minimum atomic E-state index is -0.501. The molecule has 0 fully saturated rings. The second-order valence-electron chi connectivity index (χ2n) is 5.79. The number of aryl methyl sites for hydroxylation is 1. The van der Waals surface area contributed by atoms with Gasteiger partial charge in [-0.25, -0.2) is 4.79 Å². The van der Waals surface area contributed by atoms with Gasteiger partial charge in [-0.05, 0) is 25.1 Å². The van der Waals surface area contributed by atoms with E-state index >= 15 is 0 Å². The molecule has 0 aliphatic heterocycles. The van der Waals surface area contributed by atoms with Crippen LogP contribution in [0.1, 0.15) is 16.1 Å². The number of halogens is 1. The Balaban J connectivity index is 1.82. The first-order chi connectivity index (χ1) is 13.5. The molecular formula is C20H17ClN2O5. The quantitative estimate of drug-likeness (QED) is 0.626. The molecule has 144 valence electrons. The van der Waals surface area contributed by atoms with Crippen LogP contribution in [0.3, 0.4) is 0 Å². The number of hydrogen-bond donors (Lipinski definition) is 1. The number of nitrogens with one attached hydrogen (secondary N) is 1. The summed E-state index contributed by atoms with van der Waals surface area (Å²) in [4.78, 5) is 24.1. The number of nitrogens with zero attached hydrogens (tertiary/aromatic N) is 1. The van der Waals surface area contributed by atoms with E-state index in [1.165, 1.54) is 7.11 Å². The van der Waals surface area contributed by atoms with Gasteiger partial charge in [0.1, 0.15) is 22.8 Å². The van der Waals surface area contributed by atoms with Crippen LogP contribution in [0.2, 0.25) is 5.02 Å². The molecule has 0 radical (unpaired) electrons. The van der Waals surface area contributed by atoms with Crippen molar-refractivity contribution in [1.29, 1.82) is 0 Å². The number of ether oxygens (including phenoxy) is 2. The van der Waals surface area contributed by atoms with E-state index in [4.69, 9.17) is 20.9 Å². The number of anilines is 1. The van der Waals surface area contributed by atoms with Crippen molar-refractivity contribution in [2.45, 2.75) is 6.92 Å². The largest absolute Gasteiger partial charge is 0.482 e. The topological polar surface area (TPSA) is 90.7 Å². The molecule has 1 aromatic heterocycles. The number of hydrogen-bond acceptors (Lipinski definition) is 6. The molecular weight excluding hydrogens is 384 g/mol. The van der Waals surface area contributed by atoms with Gasteiger partial charge < -0.3 is 19.3 Å². The Labute approximate surface area is 166 Å². The number of carbonyl (C=O) groups is 2. The highest BCUT2D eigenvalue weighted by atomic mass is 35.5. The second-order valence-corrected chi connectivity index (χ2v) is 6.20. The van der Waals surface area contributed by atoms with Crippen LogP contribution < -0.4 is 10.1 Å². The van der Waals surface area contributed by atoms with Crippen molar-refractivity contribution in [2.24, 2.45) is 0 Å². The smallest absolute Gasteiger partial charge is 0.343 e. The minimum Gasteiger partial charge on any atom is -0.482 e. The molecule has 28 heavy (non-hydrogen) atoms. The number of methoxy groups -OCH3 is 1. The molecule has 0 saturated heterocycles. The number of carbonyl (C=O) groups excluding carboxylic acids is 2. The second kappa shape index (κ2) is 8.58. The van der Waals surface area contributed by atoms with Crippen LogP contribution in [0, 0.1) is 6.92 Å². The number of aromatic nitrogens is 1. The van der Waals surface area contributed by atoms with Gasteiger partial charge in [0.2, 0.25) is 0 Å². The molecule has 0 aliphatic carbocycles. The fraction of sp³-hybridized carbons (Fsp3) is 0.150. The summed E-state index contributed by atoms with van der Waals surface area (Å²) < 4.78 is 15.1. The molecule has 0 saturated carbocycles. The molecule has 1 heterocycles. The highest BCUT2D eigenvalue weighted by Gasteiger charge is 2.23. The fourth-order valence-electron chi connectivity index (χ4n) is 2.54. The standard InChI is InChI=1S/C20H17ClN2O5/c1-12-18(19(23-28-12)15-8-3-4-9-16(15)21)20(25)22-13-6-5-7-14(10-13)27-11-17(24)26-2/h3-10H,11H2,1-2H3,(H,22,25). The van der Waals surface area contributed by atoms with Crippen molar-refractivity contribution in [2.75, 3.05) is 19.0 Å². The van der Waals surface area contributed by atoms with E-state index in [0.717, 1.165) is 0 Å². The van der Waals surface area contributed by atoms with Crippen LogP contribution in [-0.4, -0.2) is 30.7 Å². The maximum atomic E-state index is 12.9. The molecule has 0 unspecified atom stereocenters. The molecule has 2 aromatic carbocycles. The Bertz CT molecular complexity index is 1020. The molecule has 0 atom stereocenters. The lowest BCUT2D eigenvalue weighted by Crippen LogP contribution is -2.14. The lowest BCUT2D eigenvalue weighted by Gasteiger charge is -2.09. The first-order valence-corrected chi connectivity index (χ1v) is 8.69. The Kier molecular flexibility index (Phi) is 5.96. The first-order valence-electron chi connectivity index (χ1n) is 8.31. The first kappa shape index (κ1) is 19.4. The van der Waals surface area contributed by atoms with E-state index in [1.807, 2.05) is 0 Å². The summed E-state index contributed by atoms with van der Waals surface area (Å²) in [7, 11) is 1.28. The van der Waals surface area contributed by atoms with Gasteiger partial charge in [-0.1, -0.05) is 41.0 Å². The van der Waals surface area contributed by atoms with Gasteiger partial charge in [0, 0.05) is 17.3 Å². The van der Waals surface area contributed by atoms with Crippen LogP contribution >= 0.6 is 11.6 Å². The maximum Gasteiger partial charge on any atom is 0.343 e. The van der Waals surface area contributed by atoms with Crippen LogP contribution in [0.15, 0.2) is 53.1 Å². The average Bonchev–Trinajstić information content (AvgIpc) is 3.08. The zero-order chi connectivity index (χ0) is 20.1. The Morgan fingerprint density at radius 2 is 1.96 bits per heavy atom. The summed E-state index contributed by atoms with van der Waals surface area (Å²) in [5, 5.41) is 7.23. The van der Waals surface area contributed by atoms with Gasteiger partial charge in [0.05, 0.1) is 12.1 Å². The summed E-state index contributed by atoms with van der Waals surface area (Å²) in [5.41, 5.74) is 1.73. The van der Waals surface area contributed by atoms with Crippen LogP contribution in [0.4, 0.5) is 5.69 Å².